The van der Waals surface area contributed by atoms with Crippen LogP contribution >= 0.6 is 0 Å². The third kappa shape index (κ3) is 13.1. The number of unbranched alkanes of at least 4 members (excludes halogenated alkanes) is 5. The molecule has 0 aliphatic heterocycles. The van der Waals surface area contributed by atoms with Crippen LogP contribution in [0.4, 0.5) is 0 Å². The molecular formula is C19H37N3O2. The van der Waals surface area contributed by atoms with Crippen LogP contribution in [-0.2, 0) is 9.59 Å². The Balaban J connectivity index is 3.83. The van der Waals surface area contributed by atoms with Gasteiger partial charge in [0.1, 0.15) is 6.04 Å². The Morgan fingerprint density at radius 3 is 2.38 bits per heavy atom. The van der Waals surface area contributed by atoms with Crippen molar-refractivity contribution in [3.63, 3.8) is 0 Å². The first kappa shape index (κ1) is 22.6. The zero-order chi connectivity index (χ0) is 18.0. The SMILES string of the molecule is CC/C=C/CCCCCCCC(=O)NC(CCCN)C(=O)NCC. The van der Waals surface area contributed by atoms with E-state index in [2.05, 4.69) is 29.7 Å². The molecule has 0 aliphatic rings. The maximum Gasteiger partial charge on any atom is 0.242 e. The summed E-state index contributed by atoms with van der Waals surface area (Å²) in [6, 6.07) is -0.452. The molecule has 0 aromatic rings. The van der Waals surface area contributed by atoms with Crippen molar-refractivity contribution in [2.75, 3.05) is 13.1 Å². The molecule has 0 radical (unpaired) electrons. The summed E-state index contributed by atoms with van der Waals surface area (Å²) >= 11 is 0. The van der Waals surface area contributed by atoms with Crippen LogP contribution in [0, 0.1) is 0 Å². The van der Waals surface area contributed by atoms with Crippen LogP contribution in [0.25, 0.3) is 0 Å². The summed E-state index contributed by atoms with van der Waals surface area (Å²) in [6.45, 7) is 5.12. The maximum atomic E-state index is 12.0. The highest BCUT2D eigenvalue weighted by Crippen LogP contribution is 2.08. The second-order valence-electron chi connectivity index (χ2n) is 6.13. The van der Waals surface area contributed by atoms with Gasteiger partial charge in [0.05, 0.1) is 0 Å². The highest BCUT2D eigenvalue weighted by Gasteiger charge is 2.19. The Kier molecular flexibility index (Phi) is 15.6. The first-order valence-electron chi connectivity index (χ1n) is 9.57. The molecular weight excluding hydrogens is 302 g/mol. The Morgan fingerprint density at radius 2 is 1.71 bits per heavy atom. The van der Waals surface area contributed by atoms with Gasteiger partial charge in [-0.2, -0.15) is 0 Å². The van der Waals surface area contributed by atoms with Crippen molar-refractivity contribution in [1.29, 1.82) is 0 Å². The Morgan fingerprint density at radius 1 is 1.00 bits per heavy atom. The number of amides is 2. The van der Waals surface area contributed by atoms with E-state index in [1.165, 1.54) is 19.3 Å². The van der Waals surface area contributed by atoms with E-state index in [4.69, 9.17) is 5.73 Å². The quantitative estimate of drug-likeness (QED) is 0.317. The maximum absolute atomic E-state index is 12.0. The second-order valence-corrected chi connectivity index (χ2v) is 6.13. The fourth-order valence-electron chi connectivity index (χ4n) is 2.52. The molecule has 0 saturated heterocycles. The lowest BCUT2D eigenvalue weighted by molar-refractivity contribution is -0.129. The first-order chi connectivity index (χ1) is 11.7. The second kappa shape index (κ2) is 16.5. The molecule has 1 unspecified atom stereocenters. The fraction of sp³-hybridized carbons (Fsp3) is 0.789. The molecule has 0 heterocycles. The predicted molar refractivity (Wildman–Crippen MR) is 101 cm³/mol. The van der Waals surface area contributed by atoms with Crippen LogP contribution < -0.4 is 16.4 Å². The summed E-state index contributed by atoms with van der Waals surface area (Å²) in [5, 5.41) is 5.61. The first-order valence-corrected chi connectivity index (χ1v) is 9.57. The van der Waals surface area contributed by atoms with Crippen molar-refractivity contribution in [2.45, 2.75) is 84.1 Å². The number of hydrogen-bond acceptors (Lipinski definition) is 3. The summed E-state index contributed by atoms with van der Waals surface area (Å²) in [4.78, 5) is 23.9. The van der Waals surface area contributed by atoms with E-state index in [-0.39, 0.29) is 11.8 Å². The molecule has 0 aromatic heterocycles. The Bertz CT molecular complexity index is 357. The summed E-state index contributed by atoms with van der Waals surface area (Å²) < 4.78 is 0. The van der Waals surface area contributed by atoms with E-state index < -0.39 is 6.04 Å². The fourth-order valence-corrected chi connectivity index (χ4v) is 2.52. The predicted octanol–water partition coefficient (Wildman–Crippen LogP) is 3.04. The molecule has 1 atom stereocenters. The Hall–Kier alpha value is -1.36. The van der Waals surface area contributed by atoms with Crippen LogP contribution in [-0.4, -0.2) is 30.9 Å². The third-order valence-corrected chi connectivity index (χ3v) is 3.88. The average Bonchev–Trinajstić information content (AvgIpc) is 2.57. The van der Waals surface area contributed by atoms with Crippen LogP contribution in [0.15, 0.2) is 12.2 Å². The number of allylic oxidation sites excluding steroid dienone is 2. The van der Waals surface area contributed by atoms with Gasteiger partial charge in [-0.3, -0.25) is 9.59 Å². The van der Waals surface area contributed by atoms with Gasteiger partial charge in [0.25, 0.3) is 0 Å². The summed E-state index contributed by atoms with van der Waals surface area (Å²) in [5.74, 6) is -0.145. The lowest BCUT2D eigenvalue weighted by atomic mass is 10.1. The topological polar surface area (TPSA) is 84.2 Å². The molecule has 2 amide bonds. The average molecular weight is 340 g/mol. The van der Waals surface area contributed by atoms with Crippen LogP contribution in [0.3, 0.4) is 0 Å². The van der Waals surface area contributed by atoms with Crippen molar-refractivity contribution < 1.29 is 9.59 Å². The zero-order valence-corrected chi connectivity index (χ0v) is 15.6. The van der Waals surface area contributed by atoms with Gasteiger partial charge in [-0.05, 0) is 52.0 Å². The van der Waals surface area contributed by atoms with Gasteiger partial charge in [-0.15, -0.1) is 0 Å². The number of likely N-dealkylation sites (N-methyl/N-ethyl adjacent to an activating group) is 1. The van der Waals surface area contributed by atoms with Crippen molar-refractivity contribution in [2.24, 2.45) is 5.73 Å². The van der Waals surface area contributed by atoms with Crippen LogP contribution in [0.5, 0.6) is 0 Å². The van der Waals surface area contributed by atoms with Gasteiger partial charge in [0.2, 0.25) is 11.8 Å². The minimum atomic E-state index is -0.452. The molecule has 5 nitrogen and oxygen atoms in total. The smallest absolute Gasteiger partial charge is 0.242 e. The molecule has 4 N–H and O–H groups in total. The van der Waals surface area contributed by atoms with Crippen molar-refractivity contribution in [3.8, 4) is 0 Å². The molecule has 0 aromatic carbocycles. The highest BCUT2D eigenvalue weighted by molar-refractivity contribution is 5.87. The lowest BCUT2D eigenvalue weighted by Crippen LogP contribution is -2.46. The van der Waals surface area contributed by atoms with Crippen LogP contribution in [0.2, 0.25) is 0 Å². The number of rotatable bonds is 15. The summed E-state index contributed by atoms with van der Waals surface area (Å²) in [5.41, 5.74) is 5.50. The molecule has 24 heavy (non-hydrogen) atoms. The largest absolute Gasteiger partial charge is 0.355 e. The van der Waals surface area contributed by atoms with E-state index in [9.17, 15) is 9.59 Å². The normalized spacial score (nSPS) is 12.3. The molecule has 5 heteroatoms. The van der Waals surface area contributed by atoms with Crippen molar-refractivity contribution in [3.05, 3.63) is 12.2 Å². The summed E-state index contributed by atoms with van der Waals surface area (Å²) in [6.07, 6.45) is 14.1. The lowest BCUT2D eigenvalue weighted by Gasteiger charge is -2.17. The number of hydrogen-bond donors (Lipinski definition) is 3. The summed E-state index contributed by atoms with van der Waals surface area (Å²) in [7, 11) is 0. The van der Waals surface area contributed by atoms with Gasteiger partial charge in [0.15, 0.2) is 0 Å². The van der Waals surface area contributed by atoms with E-state index in [0.717, 1.165) is 32.1 Å². The number of nitrogens with one attached hydrogen (secondary N) is 2. The standard InChI is InChI=1S/C19H37N3O2/c1-3-5-6-7-8-9-10-11-12-15-18(23)22-17(14-13-16-20)19(24)21-4-2/h5-6,17H,3-4,7-16,20H2,1-2H3,(H,21,24)(H,22,23)/b6-5+. The number of carbonyl (C=O) groups excluding carboxylic acids is 2. The molecule has 0 bridgehead atoms. The van der Waals surface area contributed by atoms with Crippen molar-refractivity contribution >= 4 is 11.8 Å². The number of nitrogens with two attached hydrogens (primary N) is 1. The molecule has 140 valence electrons. The van der Waals surface area contributed by atoms with Gasteiger partial charge < -0.3 is 16.4 Å². The molecule has 0 rings (SSSR count). The van der Waals surface area contributed by atoms with Gasteiger partial charge in [0, 0.05) is 13.0 Å². The minimum absolute atomic E-state index is 0.0332. The Labute approximate surface area is 147 Å². The number of carbonyl (C=O) groups is 2. The van der Waals surface area contributed by atoms with E-state index >= 15 is 0 Å². The van der Waals surface area contributed by atoms with E-state index in [1.807, 2.05) is 6.92 Å². The van der Waals surface area contributed by atoms with Gasteiger partial charge in [-0.1, -0.05) is 38.3 Å². The molecule has 0 saturated carbocycles. The molecule has 0 fully saturated rings. The monoisotopic (exact) mass is 339 g/mol. The van der Waals surface area contributed by atoms with E-state index in [0.29, 0.717) is 25.9 Å². The highest BCUT2D eigenvalue weighted by atomic mass is 16.2. The zero-order valence-electron chi connectivity index (χ0n) is 15.6. The van der Waals surface area contributed by atoms with Crippen LogP contribution in [0.1, 0.15) is 78.1 Å². The van der Waals surface area contributed by atoms with Gasteiger partial charge in [-0.25, -0.2) is 0 Å². The van der Waals surface area contributed by atoms with Gasteiger partial charge >= 0.3 is 0 Å². The van der Waals surface area contributed by atoms with Crippen molar-refractivity contribution in [1.82, 2.24) is 10.6 Å². The third-order valence-electron chi connectivity index (χ3n) is 3.88. The molecule has 0 spiro atoms. The minimum Gasteiger partial charge on any atom is -0.355 e. The molecule has 0 aliphatic carbocycles. The van der Waals surface area contributed by atoms with E-state index in [1.54, 1.807) is 0 Å².